The Morgan fingerprint density at radius 1 is 1.14 bits per heavy atom. The fraction of sp³-hybridized carbons (Fsp3) is 0.133. The van der Waals surface area contributed by atoms with Crippen LogP contribution in [0.15, 0.2) is 39.5 Å². The number of fused-ring (bicyclic) bond motifs is 1. The number of aryl methyl sites for hydroxylation is 1. The number of anilines is 1. The van der Waals surface area contributed by atoms with Crippen LogP contribution >= 0.6 is 0 Å². The fourth-order valence-corrected chi connectivity index (χ4v) is 2.45. The van der Waals surface area contributed by atoms with Gasteiger partial charge in [0, 0.05) is 5.56 Å². The molecule has 0 spiro atoms. The van der Waals surface area contributed by atoms with Gasteiger partial charge in [0.05, 0.1) is 11.8 Å². The van der Waals surface area contributed by atoms with E-state index in [1.807, 2.05) is 31.2 Å². The van der Waals surface area contributed by atoms with E-state index < -0.39 is 0 Å². The van der Waals surface area contributed by atoms with Crippen LogP contribution in [0.25, 0.3) is 22.4 Å². The zero-order valence-electron chi connectivity index (χ0n) is 11.3. The first-order valence-electron chi connectivity index (χ1n) is 6.43. The lowest BCUT2D eigenvalue weighted by Crippen LogP contribution is -1.92. The predicted molar refractivity (Wildman–Crippen MR) is 74.9 cm³/mol. The van der Waals surface area contributed by atoms with Gasteiger partial charge in [-0.2, -0.15) is 0 Å². The Bertz CT molecular complexity index is 819. The number of rotatable bonds is 2. The number of nitrogens with zero attached hydrogens (tertiary/aromatic N) is 1. The molecule has 0 bridgehead atoms. The molecule has 6 nitrogen and oxygen atoms in total. The third kappa shape index (κ3) is 1.76. The molecule has 0 radical (unpaired) electrons. The van der Waals surface area contributed by atoms with Gasteiger partial charge >= 0.3 is 0 Å². The molecule has 1 aliphatic rings. The van der Waals surface area contributed by atoms with Gasteiger partial charge in [0.25, 0.3) is 0 Å². The molecule has 1 aliphatic heterocycles. The van der Waals surface area contributed by atoms with Crippen LogP contribution in [-0.2, 0) is 0 Å². The molecule has 4 rings (SSSR count). The van der Waals surface area contributed by atoms with Gasteiger partial charge in [0.2, 0.25) is 12.7 Å². The number of hydrogen-bond acceptors (Lipinski definition) is 6. The van der Waals surface area contributed by atoms with Crippen LogP contribution < -0.4 is 15.2 Å². The summed E-state index contributed by atoms with van der Waals surface area (Å²) in [6, 6.07) is 7.44. The van der Waals surface area contributed by atoms with E-state index in [4.69, 9.17) is 24.1 Å². The minimum absolute atomic E-state index is 0.228. The average Bonchev–Trinajstić information content (AvgIpc) is 3.17. The second-order valence-corrected chi connectivity index (χ2v) is 4.73. The van der Waals surface area contributed by atoms with E-state index in [1.165, 1.54) is 0 Å². The highest BCUT2D eigenvalue weighted by Crippen LogP contribution is 2.42. The number of hydrogen-bond donors (Lipinski definition) is 1. The molecule has 2 aromatic heterocycles. The molecule has 0 fully saturated rings. The van der Waals surface area contributed by atoms with Crippen molar-refractivity contribution in [2.75, 3.05) is 12.5 Å². The minimum Gasteiger partial charge on any atom is -0.469 e. The summed E-state index contributed by atoms with van der Waals surface area (Å²) in [5.74, 6) is 2.41. The molecule has 0 saturated carbocycles. The summed E-state index contributed by atoms with van der Waals surface area (Å²) in [4.78, 5) is 0. The van der Waals surface area contributed by atoms with Gasteiger partial charge < -0.3 is 24.1 Å². The van der Waals surface area contributed by atoms with Crippen LogP contribution in [0.2, 0.25) is 0 Å². The van der Waals surface area contributed by atoms with Crippen molar-refractivity contribution in [2.45, 2.75) is 6.92 Å². The molecule has 21 heavy (non-hydrogen) atoms. The monoisotopic (exact) mass is 284 g/mol. The van der Waals surface area contributed by atoms with Gasteiger partial charge in [0.1, 0.15) is 11.5 Å². The van der Waals surface area contributed by atoms with Crippen LogP contribution in [-0.4, -0.2) is 11.9 Å². The molecule has 0 unspecified atom stereocenters. The maximum atomic E-state index is 5.94. The highest BCUT2D eigenvalue weighted by atomic mass is 16.7. The van der Waals surface area contributed by atoms with Crippen molar-refractivity contribution in [3.8, 4) is 33.9 Å². The number of aromatic nitrogens is 1. The third-order valence-corrected chi connectivity index (χ3v) is 3.49. The summed E-state index contributed by atoms with van der Waals surface area (Å²) < 4.78 is 21.2. The molecule has 0 amide bonds. The standard InChI is InChI=1S/C15H12N2O4/c1-8-10(4-5-18-8)14-13(15(16)21-17-14)9-2-3-11-12(6-9)20-7-19-11/h2-6H,7,16H2,1H3. The summed E-state index contributed by atoms with van der Waals surface area (Å²) in [6.07, 6.45) is 1.61. The average molecular weight is 284 g/mol. The molecule has 1 aromatic carbocycles. The Hall–Kier alpha value is -2.89. The Morgan fingerprint density at radius 2 is 2.00 bits per heavy atom. The summed E-state index contributed by atoms with van der Waals surface area (Å²) in [7, 11) is 0. The highest BCUT2D eigenvalue weighted by molar-refractivity contribution is 5.88. The Balaban J connectivity index is 1.89. The van der Waals surface area contributed by atoms with Crippen molar-refractivity contribution >= 4 is 5.88 Å². The van der Waals surface area contributed by atoms with Gasteiger partial charge in [-0.05, 0) is 30.7 Å². The lowest BCUT2D eigenvalue weighted by molar-refractivity contribution is 0.174. The first-order chi connectivity index (χ1) is 10.2. The number of ether oxygens (including phenoxy) is 2. The molecule has 0 atom stereocenters. The third-order valence-electron chi connectivity index (χ3n) is 3.49. The van der Waals surface area contributed by atoms with Crippen LogP contribution in [0.1, 0.15) is 5.76 Å². The van der Waals surface area contributed by atoms with Crippen molar-refractivity contribution in [1.82, 2.24) is 5.16 Å². The smallest absolute Gasteiger partial charge is 0.231 e. The maximum absolute atomic E-state index is 5.94. The summed E-state index contributed by atoms with van der Waals surface area (Å²) in [5.41, 5.74) is 9.02. The van der Waals surface area contributed by atoms with E-state index in [0.717, 1.165) is 28.2 Å². The van der Waals surface area contributed by atoms with Crippen molar-refractivity contribution in [3.05, 3.63) is 36.3 Å². The number of furan rings is 1. The second kappa shape index (κ2) is 4.31. The summed E-state index contributed by atoms with van der Waals surface area (Å²) >= 11 is 0. The highest BCUT2D eigenvalue weighted by Gasteiger charge is 2.22. The summed E-state index contributed by atoms with van der Waals surface area (Å²) in [6.45, 7) is 2.09. The molecular formula is C15H12N2O4. The zero-order valence-corrected chi connectivity index (χ0v) is 11.3. The van der Waals surface area contributed by atoms with E-state index >= 15 is 0 Å². The van der Waals surface area contributed by atoms with E-state index in [2.05, 4.69) is 5.16 Å². The molecule has 0 saturated heterocycles. The van der Waals surface area contributed by atoms with Gasteiger partial charge in [0.15, 0.2) is 11.5 Å². The number of nitrogen functional groups attached to an aromatic ring is 1. The molecular weight excluding hydrogens is 272 g/mol. The van der Waals surface area contributed by atoms with Crippen molar-refractivity contribution in [3.63, 3.8) is 0 Å². The van der Waals surface area contributed by atoms with Crippen LogP contribution in [0.4, 0.5) is 5.88 Å². The number of benzene rings is 1. The molecule has 6 heteroatoms. The maximum Gasteiger partial charge on any atom is 0.231 e. The topological polar surface area (TPSA) is 83.7 Å². The normalized spacial score (nSPS) is 12.8. The number of nitrogens with two attached hydrogens (primary N) is 1. The molecule has 2 N–H and O–H groups in total. The predicted octanol–water partition coefficient (Wildman–Crippen LogP) is 3.22. The molecule has 0 aliphatic carbocycles. The zero-order chi connectivity index (χ0) is 14.4. The van der Waals surface area contributed by atoms with Gasteiger partial charge in [-0.1, -0.05) is 11.2 Å². The van der Waals surface area contributed by atoms with E-state index in [9.17, 15) is 0 Å². The Kier molecular flexibility index (Phi) is 2.44. The van der Waals surface area contributed by atoms with E-state index in [0.29, 0.717) is 11.4 Å². The lowest BCUT2D eigenvalue weighted by atomic mass is 10.0. The van der Waals surface area contributed by atoms with Gasteiger partial charge in [-0.25, -0.2) is 0 Å². The first kappa shape index (κ1) is 11.9. The second-order valence-electron chi connectivity index (χ2n) is 4.73. The molecule has 106 valence electrons. The summed E-state index contributed by atoms with van der Waals surface area (Å²) in [5, 5.41) is 4.06. The van der Waals surface area contributed by atoms with E-state index in [1.54, 1.807) is 6.26 Å². The Labute approximate surface area is 120 Å². The lowest BCUT2D eigenvalue weighted by Gasteiger charge is -2.03. The van der Waals surface area contributed by atoms with Crippen molar-refractivity contribution < 1.29 is 18.4 Å². The molecule has 3 aromatic rings. The Morgan fingerprint density at radius 3 is 2.81 bits per heavy atom. The molecule has 3 heterocycles. The SMILES string of the molecule is Cc1occc1-c1noc(N)c1-c1ccc2c(c1)OCO2. The van der Waals surface area contributed by atoms with Crippen molar-refractivity contribution in [2.24, 2.45) is 0 Å². The van der Waals surface area contributed by atoms with Gasteiger partial charge in [-0.3, -0.25) is 0 Å². The van der Waals surface area contributed by atoms with E-state index in [-0.39, 0.29) is 12.7 Å². The quantitative estimate of drug-likeness (QED) is 0.777. The van der Waals surface area contributed by atoms with Crippen LogP contribution in [0.3, 0.4) is 0 Å². The largest absolute Gasteiger partial charge is 0.469 e. The van der Waals surface area contributed by atoms with Gasteiger partial charge in [-0.15, -0.1) is 0 Å². The van der Waals surface area contributed by atoms with Crippen LogP contribution in [0.5, 0.6) is 11.5 Å². The minimum atomic E-state index is 0.228. The first-order valence-corrected chi connectivity index (χ1v) is 6.43. The van der Waals surface area contributed by atoms with Crippen LogP contribution in [0, 0.1) is 6.92 Å². The fourth-order valence-electron chi connectivity index (χ4n) is 2.45. The van der Waals surface area contributed by atoms with Crippen molar-refractivity contribution in [1.29, 1.82) is 0 Å².